The third-order valence-electron chi connectivity index (χ3n) is 4.24. The molecule has 1 aromatic carbocycles. The molecule has 0 aliphatic heterocycles. The Kier molecular flexibility index (Phi) is 5.93. The first kappa shape index (κ1) is 14.5. The highest BCUT2D eigenvalue weighted by molar-refractivity contribution is 6.76. The zero-order chi connectivity index (χ0) is 12.7. The van der Waals surface area contributed by atoms with E-state index in [1.165, 1.54) is 30.2 Å². The van der Waals surface area contributed by atoms with Crippen LogP contribution < -0.4 is 0 Å². The van der Waals surface area contributed by atoms with Crippen molar-refractivity contribution in [3.8, 4) is 0 Å². The fraction of sp³-hybridized carbons (Fsp3) is 0.600. The molecular formula is C15H27NSi. The highest BCUT2D eigenvalue weighted by atomic mass is 28.3. The summed E-state index contributed by atoms with van der Waals surface area (Å²) in [7, 11) is -1.20. The first-order chi connectivity index (χ1) is 8.22. The van der Waals surface area contributed by atoms with Crippen LogP contribution in [-0.2, 0) is 6.54 Å². The lowest BCUT2D eigenvalue weighted by atomic mass is 10.2. The van der Waals surface area contributed by atoms with Crippen molar-refractivity contribution >= 4 is 8.24 Å². The first-order valence-corrected chi connectivity index (χ1v) is 9.58. The van der Waals surface area contributed by atoms with Gasteiger partial charge >= 0.3 is 0 Å². The Morgan fingerprint density at radius 1 is 0.882 bits per heavy atom. The van der Waals surface area contributed by atoms with Crippen LogP contribution in [0.3, 0.4) is 0 Å². The topological polar surface area (TPSA) is 3.24 Å². The maximum atomic E-state index is 2.78. The average Bonchev–Trinajstić information content (AvgIpc) is 2.41. The number of benzene rings is 1. The zero-order valence-electron chi connectivity index (χ0n) is 11.9. The molecule has 2 heteroatoms. The van der Waals surface area contributed by atoms with Gasteiger partial charge in [-0.25, -0.2) is 0 Å². The van der Waals surface area contributed by atoms with Crippen molar-refractivity contribution in [2.45, 2.75) is 52.4 Å². The molecule has 0 unspecified atom stereocenters. The lowest BCUT2D eigenvalue weighted by Gasteiger charge is -2.40. The van der Waals surface area contributed by atoms with Gasteiger partial charge in [0.25, 0.3) is 0 Å². The summed E-state index contributed by atoms with van der Waals surface area (Å²) in [4.78, 5) is 0. The second-order valence-electron chi connectivity index (χ2n) is 4.78. The summed E-state index contributed by atoms with van der Waals surface area (Å²) in [6.07, 6.45) is 0. The van der Waals surface area contributed by atoms with Gasteiger partial charge in [-0.2, -0.15) is 0 Å². The summed E-state index contributed by atoms with van der Waals surface area (Å²) in [5.41, 5.74) is 1.46. The average molecular weight is 249 g/mol. The Morgan fingerprint density at radius 3 is 1.82 bits per heavy atom. The number of hydrogen-bond acceptors (Lipinski definition) is 1. The predicted octanol–water partition coefficient (Wildman–Crippen LogP) is 4.51. The van der Waals surface area contributed by atoms with E-state index >= 15 is 0 Å². The molecule has 0 atom stereocenters. The zero-order valence-corrected chi connectivity index (χ0v) is 12.9. The Morgan fingerprint density at radius 2 is 1.41 bits per heavy atom. The minimum absolute atomic E-state index is 1.14. The van der Waals surface area contributed by atoms with E-state index in [2.05, 4.69) is 62.6 Å². The Hall–Kier alpha value is -0.603. The quantitative estimate of drug-likeness (QED) is 0.643. The van der Waals surface area contributed by atoms with Gasteiger partial charge in [-0.05, 0) is 30.2 Å². The fourth-order valence-electron chi connectivity index (χ4n) is 2.84. The smallest absolute Gasteiger partial charge is 0.127 e. The molecule has 0 radical (unpaired) electrons. The van der Waals surface area contributed by atoms with Crippen LogP contribution in [0.2, 0.25) is 18.1 Å². The minimum Gasteiger partial charge on any atom is -0.320 e. The Labute approximate surface area is 108 Å². The molecule has 0 saturated heterocycles. The van der Waals surface area contributed by atoms with E-state index in [-0.39, 0.29) is 0 Å². The van der Waals surface area contributed by atoms with E-state index in [1.54, 1.807) is 0 Å². The molecule has 1 rings (SSSR count). The molecule has 0 aromatic heterocycles. The number of hydrogen-bond donors (Lipinski definition) is 0. The van der Waals surface area contributed by atoms with Crippen molar-refractivity contribution in [3.05, 3.63) is 35.9 Å². The van der Waals surface area contributed by atoms with E-state index < -0.39 is 8.24 Å². The molecule has 0 N–H and O–H groups in total. The van der Waals surface area contributed by atoms with E-state index in [1.807, 2.05) is 0 Å². The van der Waals surface area contributed by atoms with Gasteiger partial charge in [0.2, 0.25) is 0 Å². The molecule has 0 heterocycles. The number of nitrogens with zero attached hydrogens (tertiary/aromatic N) is 1. The minimum atomic E-state index is -1.20. The van der Waals surface area contributed by atoms with Crippen molar-refractivity contribution in [3.63, 3.8) is 0 Å². The first-order valence-electron chi connectivity index (χ1n) is 7.01. The summed E-state index contributed by atoms with van der Waals surface area (Å²) in [5, 5.41) is 0. The van der Waals surface area contributed by atoms with E-state index in [0.717, 1.165) is 6.54 Å². The highest BCUT2D eigenvalue weighted by Crippen LogP contribution is 2.26. The van der Waals surface area contributed by atoms with Crippen LogP contribution in [0, 0.1) is 0 Å². The molecule has 0 fully saturated rings. The maximum absolute atomic E-state index is 2.78. The SMILES string of the molecule is CCN(Cc1ccccc1)[Si](CC)(CC)CC. The monoisotopic (exact) mass is 249 g/mol. The molecule has 0 aliphatic carbocycles. The molecule has 0 saturated carbocycles. The molecule has 17 heavy (non-hydrogen) atoms. The third-order valence-corrected chi connectivity index (χ3v) is 10.0. The second-order valence-corrected chi connectivity index (χ2v) is 9.99. The molecule has 0 aliphatic rings. The van der Waals surface area contributed by atoms with Gasteiger partial charge in [-0.15, -0.1) is 0 Å². The van der Waals surface area contributed by atoms with Crippen LogP contribution in [0.4, 0.5) is 0 Å². The van der Waals surface area contributed by atoms with Gasteiger partial charge in [-0.1, -0.05) is 58.0 Å². The van der Waals surface area contributed by atoms with Gasteiger partial charge in [0.15, 0.2) is 0 Å². The van der Waals surface area contributed by atoms with Crippen LogP contribution in [0.25, 0.3) is 0 Å². The molecule has 1 nitrogen and oxygen atoms in total. The molecule has 0 amide bonds. The number of rotatable bonds is 7. The van der Waals surface area contributed by atoms with E-state index in [4.69, 9.17) is 0 Å². The maximum Gasteiger partial charge on any atom is 0.127 e. The van der Waals surface area contributed by atoms with Crippen LogP contribution in [0.1, 0.15) is 33.3 Å². The van der Waals surface area contributed by atoms with E-state index in [9.17, 15) is 0 Å². The van der Waals surface area contributed by atoms with Crippen LogP contribution in [0.15, 0.2) is 30.3 Å². The molecule has 96 valence electrons. The van der Waals surface area contributed by atoms with Crippen LogP contribution in [-0.4, -0.2) is 19.3 Å². The van der Waals surface area contributed by atoms with Gasteiger partial charge in [0.05, 0.1) is 0 Å². The van der Waals surface area contributed by atoms with Gasteiger partial charge in [0.1, 0.15) is 8.24 Å². The summed E-state index contributed by atoms with van der Waals surface area (Å²) in [5.74, 6) is 0. The lowest BCUT2D eigenvalue weighted by Crippen LogP contribution is -2.51. The third kappa shape index (κ3) is 3.43. The van der Waals surface area contributed by atoms with Crippen molar-refractivity contribution in [1.29, 1.82) is 0 Å². The van der Waals surface area contributed by atoms with Crippen molar-refractivity contribution in [1.82, 2.24) is 4.57 Å². The standard InChI is InChI=1S/C15H27NSi/c1-5-16(17(6-2,7-3)8-4)14-15-12-10-9-11-13-15/h9-13H,5-8,14H2,1-4H3. The highest BCUT2D eigenvalue weighted by Gasteiger charge is 2.33. The largest absolute Gasteiger partial charge is 0.320 e. The Balaban J connectivity index is 2.83. The van der Waals surface area contributed by atoms with E-state index in [0.29, 0.717) is 0 Å². The second kappa shape index (κ2) is 6.97. The summed E-state index contributed by atoms with van der Waals surface area (Å²) >= 11 is 0. The van der Waals surface area contributed by atoms with Crippen LogP contribution in [0.5, 0.6) is 0 Å². The predicted molar refractivity (Wildman–Crippen MR) is 79.7 cm³/mol. The summed E-state index contributed by atoms with van der Waals surface area (Å²) < 4.78 is 2.78. The van der Waals surface area contributed by atoms with Crippen LogP contribution >= 0.6 is 0 Å². The van der Waals surface area contributed by atoms with Crippen molar-refractivity contribution in [2.24, 2.45) is 0 Å². The molecule has 0 bridgehead atoms. The normalized spacial score (nSPS) is 12.1. The molecular weight excluding hydrogens is 222 g/mol. The van der Waals surface area contributed by atoms with Gasteiger partial charge < -0.3 is 4.57 Å². The van der Waals surface area contributed by atoms with Crippen molar-refractivity contribution < 1.29 is 0 Å². The fourth-order valence-corrected chi connectivity index (χ4v) is 6.87. The molecule has 1 aromatic rings. The summed E-state index contributed by atoms with van der Waals surface area (Å²) in [6.45, 7) is 11.8. The lowest BCUT2D eigenvalue weighted by molar-refractivity contribution is 0.427. The van der Waals surface area contributed by atoms with Gasteiger partial charge in [0, 0.05) is 6.54 Å². The summed E-state index contributed by atoms with van der Waals surface area (Å²) in [6, 6.07) is 15.0. The Bertz CT molecular complexity index is 298. The van der Waals surface area contributed by atoms with Gasteiger partial charge in [-0.3, -0.25) is 0 Å². The molecule has 0 spiro atoms. The van der Waals surface area contributed by atoms with Crippen molar-refractivity contribution in [2.75, 3.05) is 6.54 Å².